The van der Waals surface area contributed by atoms with Crippen LogP contribution < -0.4 is 10.1 Å². The fraction of sp³-hybridized carbons (Fsp3) is 0.250. The quantitative estimate of drug-likeness (QED) is 0.526. The zero-order valence-corrected chi connectivity index (χ0v) is 15.6. The third-order valence-corrected chi connectivity index (χ3v) is 5.39. The lowest BCUT2D eigenvalue weighted by Gasteiger charge is -2.00. The second kappa shape index (κ2) is 7.66. The van der Waals surface area contributed by atoms with Crippen LogP contribution in [0.5, 0.6) is 5.88 Å². The van der Waals surface area contributed by atoms with Gasteiger partial charge in [0.2, 0.25) is 11.0 Å². The van der Waals surface area contributed by atoms with Gasteiger partial charge in [0, 0.05) is 19.0 Å². The highest BCUT2D eigenvalue weighted by Crippen LogP contribution is 2.29. The van der Waals surface area contributed by atoms with Crippen molar-refractivity contribution in [3.8, 4) is 5.88 Å². The van der Waals surface area contributed by atoms with Crippen LogP contribution in [0.4, 0.5) is 5.13 Å². The molecule has 25 heavy (non-hydrogen) atoms. The van der Waals surface area contributed by atoms with Crippen molar-refractivity contribution in [2.45, 2.75) is 17.0 Å². The zero-order valence-electron chi connectivity index (χ0n) is 14.0. The number of ether oxygens (including phenoxy) is 1. The Balaban J connectivity index is 1.61. The van der Waals surface area contributed by atoms with Crippen molar-refractivity contribution in [1.82, 2.24) is 20.0 Å². The summed E-state index contributed by atoms with van der Waals surface area (Å²) in [7, 11) is 3.20. The molecule has 1 N–H and O–H groups in total. The molecule has 0 aliphatic heterocycles. The number of hydrogen-bond acceptors (Lipinski definition) is 7. The molecule has 3 aromatic rings. The maximum absolute atomic E-state index is 12.3. The summed E-state index contributed by atoms with van der Waals surface area (Å²) in [5.74, 6) is 0.758. The van der Waals surface area contributed by atoms with Crippen molar-refractivity contribution in [1.29, 1.82) is 0 Å². The Hall–Kier alpha value is -2.39. The van der Waals surface area contributed by atoms with E-state index in [2.05, 4.69) is 51.8 Å². The van der Waals surface area contributed by atoms with Crippen LogP contribution in [-0.2, 0) is 12.8 Å². The van der Waals surface area contributed by atoms with Gasteiger partial charge in [0.15, 0.2) is 4.34 Å². The first-order valence-corrected chi connectivity index (χ1v) is 9.26. The topological polar surface area (TPSA) is 81.9 Å². The van der Waals surface area contributed by atoms with E-state index in [1.165, 1.54) is 34.3 Å². The molecule has 0 aliphatic carbocycles. The van der Waals surface area contributed by atoms with Crippen LogP contribution >= 0.6 is 23.1 Å². The maximum Gasteiger partial charge on any atom is 0.264 e. The molecule has 0 atom stereocenters. The predicted molar refractivity (Wildman–Crippen MR) is 98.4 cm³/mol. The number of methoxy groups -OCH3 is 1. The second-order valence-corrected chi connectivity index (χ2v) is 7.53. The fourth-order valence-electron chi connectivity index (χ4n) is 2.09. The van der Waals surface area contributed by atoms with E-state index < -0.39 is 0 Å². The minimum Gasteiger partial charge on any atom is -0.479 e. The SMILES string of the molecule is COc1nn(C)cc1C(=O)Nc1nnc(SCc2ccc(C)cc2)s1. The summed E-state index contributed by atoms with van der Waals surface area (Å²) in [5.41, 5.74) is 2.81. The highest BCUT2D eigenvalue weighted by molar-refractivity contribution is 8.00. The number of hydrogen-bond donors (Lipinski definition) is 1. The molecule has 1 amide bonds. The largest absolute Gasteiger partial charge is 0.479 e. The Morgan fingerprint density at radius 1 is 1.32 bits per heavy atom. The highest BCUT2D eigenvalue weighted by Gasteiger charge is 2.18. The first-order valence-electron chi connectivity index (χ1n) is 7.46. The lowest BCUT2D eigenvalue weighted by Crippen LogP contribution is -2.12. The molecule has 1 aromatic carbocycles. The summed E-state index contributed by atoms with van der Waals surface area (Å²) < 4.78 is 7.42. The molecular weight excluding hydrogens is 358 g/mol. The van der Waals surface area contributed by atoms with Crippen LogP contribution in [-0.4, -0.2) is 33.0 Å². The Bertz CT molecular complexity index is 873. The molecule has 0 radical (unpaired) electrons. The van der Waals surface area contributed by atoms with Gasteiger partial charge in [-0.3, -0.25) is 14.8 Å². The van der Waals surface area contributed by atoms with E-state index in [0.717, 1.165) is 10.1 Å². The van der Waals surface area contributed by atoms with Crippen LogP contribution in [0.25, 0.3) is 0 Å². The van der Waals surface area contributed by atoms with Gasteiger partial charge in [-0.15, -0.1) is 15.3 Å². The van der Waals surface area contributed by atoms with E-state index in [1.54, 1.807) is 25.0 Å². The number of aromatic nitrogens is 4. The number of amides is 1. The number of thioether (sulfide) groups is 1. The van der Waals surface area contributed by atoms with Gasteiger partial charge in [-0.05, 0) is 12.5 Å². The van der Waals surface area contributed by atoms with Crippen molar-refractivity contribution >= 4 is 34.1 Å². The number of nitrogens with one attached hydrogen (secondary N) is 1. The zero-order chi connectivity index (χ0) is 17.8. The van der Waals surface area contributed by atoms with Gasteiger partial charge in [-0.25, -0.2) is 0 Å². The summed E-state index contributed by atoms with van der Waals surface area (Å²) in [6, 6.07) is 8.37. The fourth-order valence-corrected chi connectivity index (χ4v) is 3.79. The van der Waals surface area contributed by atoms with E-state index in [0.29, 0.717) is 10.7 Å². The van der Waals surface area contributed by atoms with E-state index in [9.17, 15) is 4.79 Å². The number of nitrogens with zero attached hydrogens (tertiary/aromatic N) is 4. The third kappa shape index (κ3) is 4.37. The third-order valence-electron chi connectivity index (χ3n) is 3.34. The molecule has 0 spiro atoms. The number of benzene rings is 1. The number of carbonyl (C=O) groups is 1. The Kier molecular flexibility index (Phi) is 5.34. The molecule has 0 saturated heterocycles. The maximum atomic E-state index is 12.3. The van der Waals surface area contributed by atoms with Crippen molar-refractivity contribution < 1.29 is 9.53 Å². The molecule has 7 nitrogen and oxygen atoms in total. The Morgan fingerprint density at radius 2 is 2.08 bits per heavy atom. The first-order chi connectivity index (χ1) is 12.0. The number of aryl methyl sites for hydroxylation is 2. The van der Waals surface area contributed by atoms with E-state index in [-0.39, 0.29) is 11.8 Å². The minimum atomic E-state index is -0.323. The van der Waals surface area contributed by atoms with Gasteiger partial charge in [-0.2, -0.15) is 0 Å². The number of anilines is 1. The standard InChI is InChI=1S/C16H17N5O2S2/c1-10-4-6-11(7-5-10)9-24-16-19-18-15(25-16)17-13(22)12-8-21(2)20-14(12)23-3/h4-8H,9H2,1-3H3,(H,17,18,22). The van der Waals surface area contributed by atoms with Gasteiger partial charge in [-0.1, -0.05) is 52.9 Å². The molecule has 130 valence electrons. The van der Waals surface area contributed by atoms with Gasteiger partial charge in [0.25, 0.3) is 5.91 Å². The van der Waals surface area contributed by atoms with E-state index in [1.807, 2.05) is 0 Å². The van der Waals surface area contributed by atoms with Gasteiger partial charge < -0.3 is 4.74 Å². The van der Waals surface area contributed by atoms with Crippen molar-refractivity contribution in [2.75, 3.05) is 12.4 Å². The monoisotopic (exact) mass is 375 g/mol. The average molecular weight is 375 g/mol. The average Bonchev–Trinajstić information content (AvgIpc) is 3.20. The number of rotatable bonds is 6. The summed E-state index contributed by atoms with van der Waals surface area (Å²) >= 11 is 2.93. The van der Waals surface area contributed by atoms with Crippen LogP contribution in [0.2, 0.25) is 0 Å². The minimum absolute atomic E-state index is 0.276. The van der Waals surface area contributed by atoms with Crippen molar-refractivity contribution in [3.05, 3.63) is 47.2 Å². The number of carbonyl (C=O) groups excluding carboxylic acids is 1. The summed E-state index contributed by atoms with van der Waals surface area (Å²) in [5, 5.41) is 15.4. The van der Waals surface area contributed by atoms with Crippen LogP contribution in [0.1, 0.15) is 21.5 Å². The molecule has 2 heterocycles. The lowest BCUT2D eigenvalue weighted by molar-refractivity contribution is 0.102. The molecule has 0 aliphatic rings. The molecule has 0 saturated carbocycles. The summed E-state index contributed by atoms with van der Waals surface area (Å²) in [6.45, 7) is 2.06. The molecule has 0 unspecified atom stereocenters. The molecule has 0 fully saturated rings. The van der Waals surface area contributed by atoms with E-state index in [4.69, 9.17) is 4.74 Å². The predicted octanol–water partition coefficient (Wildman–Crippen LogP) is 3.13. The Labute approximate surface area is 153 Å². The first kappa shape index (κ1) is 17.4. The van der Waals surface area contributed by atoms with E-state index >= 15 is 0 Å². The second-order valence-electron chi connectivity index (χ2n) is 5.33. The summed E-state index contributed by atoms with van der Waals surface area (Å²) in [6.07, 6.45) is 1.60. The molecule has 9 heteroatoms. The molecular formula is C16H17N5O2S2. The smallest absolute Gasteiger partial charge is 0.264 e. The normalized spacial score (nSPS) is 10.7. The van der Waals surface area contributed by atoms with Crippen molar-refractivity contribution in [3.63, 3.8) is 0 Å². The summed E-state index contributed by atoms with van der Waals surface area (Å²) in [4.78, 5) is 12.3. The lowest BCUT2D eigenvalue weighted by atomic mass is 10.2. The van der Waals surface area contributed by atoms with Crippen LogP contribution in [0, 0.1) is 6.92 Å². The molecule has 2 aromatic heterocycles. The van der Waals surface area contributed by atoms with Crippen LogP contribution in [0.3, 0.4) is 0 Å². The van der Waals surface area contributed by atoms with Gasteiger partial charge >= 0.3 is 0 Å². The molecule has 3 rings (SSSR count). The molecule has 0 bridgehead atoms. The van der Waals surface area contributed by atoms with Crippen molar-refractivity contribution in [2.24, 2.45) is 7.05 Å². The van der Waals surface area contributed by atoms with Gasteiger partial charge in [0.1, 0.15) is 5.56 Å². The highest BCUT2D eigenvalue weighted by atomic mass is 32.2. The van der Waals surface area contributed by atoms with Gasteiger partial charge in [0.05, 0.1) is 7.11 Å². The Morgan fingerprint density at radius 3 is 2.80 bits per heavy atom. The van der Waals surface area contributed by atoms with Crippen LogP contribution in [0.15, 0.2) is 34.8 Å².